The number of fused-ring (bicyclic) bond motifs is 2. The third-order valence-corrected chi connectivity index (χ3v) is 8.06. The summed E-state index contributed by atoms with van der Waals surface area (Å²) < 4.78 is 19.3. The van der Waals surface area contributed by atoms with E-state index in [2.05, 4.69) is 38.3 Å². The standard InChI is InChI=1S/C35H46O4/c1-4-7-11-22-35(23-12-8-5-2)26-31(36)29-20-21-33(30(15-6-3)34(29)39-35)38-25-14-24-37-32-19-13-17-27-16-9-10-18-28(27)32/h4-5,13,17,19-21H,1-2,6-12,14-16,18,22-26H2,3H3. The van der Waals surface area contributed by atoms with Gasteiger partial charge in [0.2, 0.25) is 0 Å². The van der Waals surface area contributed by atoms with E-state index in [1.807, 2.05) is 24.3 Å². The lowest BCUT2D eigenvalue weighted by atomic mass is 9.81. The maximum atomic E-state index is 13.4. The molecule has 2 aromatic rings. The molecular formula is C35H46O4. The molecule has 1 aliphatic carbocycles. The largest absolute Gasteiger partial charge is 0.493 e. The number of ether oxygens (including phenoxy) is 3. The summed E-state index contributed by atoms with van der Waals surface area (Å²) in [5, 5.41) is 0. The summed E-state index contributed by atoms with van der Waals surface area (Å²) in [6.45, 7) is 11.1. The first-order chi connectivity index (χ1) is 19.1. The summed E-state index contributed by atoms with van der Waals surface area (Å²) in [5.74, 6) is 2.78. The lowest BCUT2D eigenvalue weighted by Crippen LogP contribution is -2.42. The molecule has 4 rings (SSSR count). The number of unbranched alkanes of at least 4 members (excludes halogenated alkanes) is 2. The highest BCUT2D eigenvalue weighted by Crippen LogP contribution is 2.44. The molecule has 0 aromatic heterocycles. The van der Waals surface area contributed by atoms with Crippen LogP contribution >= 0.6 is 0 Å². The number of carbonyl (C=O) groups excluding carboxylic acids is 1. The van der Waals surface area contributed by atoms with Gasteiger partial charge in [0.25, 0.3) is 0 Å². The maximum Gasteiger partial charge on any atom is 0.170 e. The molecule has 210 valence electrons. The second kappa shape index (κ2) is 14.4. The van der Waals surface area contributed by atoms with Gasteiger partial charge < -0.3 is 14.2 Å². The average Bonchev–Trinajstić information content (AvgIpc) is 2.94. The zero-order valence-electron chi connectivity index (χ0n) is 23.9. The van der Waals surface area contributed by atoms with Gasteiger partial charge in [0, 0.05) is 12.0 Å². The molecule has 0 atom stereocenters. The van der Waals surface area contributed by atoms with E-state index in [-0.39, 0.29) is 5.78 Å². The molecule has 0 saturated heterocycles. The third-order valence-electron chi connectivity index (χ3n) is 8.06. The topological polar surface area (TPSA) is 44.8 Å². The van der Waals surface area contributed by atoms with Gasteiger partial charge in [-0.15, -0.1) is 13.2 Å². The van der Waals surface area contributed by atoms with Crippen LogP contribution < -0.4 is 14.2 Å². The van der Waals surface area contributed by atoms with Gasteiger partial charge in [0.15, 0.2) is 5.78 Å². The van der Waals surface area contributed by atoms with Crippen molar-refractivity contribution in [1.82, 2.24) is 0 Å². The molecule has 0 saturated carbocycles. The Hall–Kier alpha value is -3.01. The number of Topliss-reactive ketones (excluding diaryl/α,β-unsaturated/α-hetero) is 1. The van der Waals surface area contributed by atoms with Crippen LogP contribution in [-0.4, -0.2) is 24.6 Å². The van der Waals surface area contributed by atoms with Crippen molar-refractivity contribution in [3.8, 4) is 17.2 Å². The van der Waals surface area contributed by atoms with Crippen LogP contribution in [0.5, 0.6) is 17.2 Å². The minimum atomic E-state index is -0.472. The van der Waals surface area contributed by atoms with E-state index < -0.39 is 5.60 Å². The van der Waals surface area contributed by atoms with Crippen molar-refractivity contribution in [2.45, 2.75) is 102 Å². The van der Waals surface area contributed by atoms with Gasteiger partial charge in [-0.25, -0.2) is 0 Å². The van der Waals surface area contributed by atoms with E-state index in [4.69, 9.17) is 14.2 Å². The molecular weight excluding hydrogens is 484 g/mol. The Morgan fingerprint density at radius 3 is 2.36 bits per heavy atom. The fourth-order valence-electron chi connectivity index (χ4n) is 6.05. The zero-order valence-corrected chi connectivity index (χ0v) is 23.9. The highest BCUT2D eigenvalue weighted by molar-refractivity contribution is 6.01. The number of allylic oxidation sites excluding steroid dienone is 2. The maximum absolute atomic E-state index is 13.4. The number of benzene rings is 2. The Morgan fingerprint density at radius 1 is 0.923 bits per heavy atom. The minimum absolute atomic E-state index is 0.178. The summed E-state index contributed by atoms with van der Waals surface area (Å²) in [5.41, 5.74) is 4.08. The molecule has 4 heteroatoms. The lowest BCUT2D eigenvalue weighted by Gasteiger charge is -2.39. The number of hydrogen-bond acceptors (Lipinski definition) is 4. The Labute approximate surface area is 235 Å². The van der Waals surface area contributed by atoms with Crippen molar-refractivity contribution < 1.29 is 19.0 Å². The Balaban J connectivity index is 1.44. The molecule has 0 spiro atoms. The van der Waals surface area contributed by atoms with Crippen LogP contribution in [0.25, 0.3) is 0 Å². The van der Waals surface area contributed by atoms with E-state index in [0.29, 0.717) is 25.2 Å². The van der Waals surface area contributed by atoms with Crippen LogP contribution in [0, 0.1) is 0 Å². The SMILES string of the molecule is C=CCCCC1(CCCC=C)CC(=O)c2ccc(OCCCOc3cccc4c3CCCC4)c(CCC)c2O1. The van der Waals surface area contributed by atoms with Crippen molar-refractivity contribution in [3.63, 3.8) is 0 Å². The smallest absolute Gasteiger partial charge is 0.170 e. The molecule has 0 unspecified atom stereocenters. The monoisotopic (exact) mass is 530 g/mol. The van der Waals surface area contributed by atoms with Gasteiger partial charge in [-0.05, 0) is 100.0 Å². The predicted molar refractivity (Wildman–Crippen MR) is 160 cm³/mol. The summed E-state index contributed by atoms with van der Waals surface area (Å²) in [7, 11) is 0. The van der Waals surface area contributed by atoms with Gasteiger partial charge in [-0.1, -0.05) is 37.6 Å². The average molecular weight is 531 g/mol. The van der Waals surface area contributed by atoms with Crippen LogP contribution in [0.3, 0.4) is 0 Å². The van der Waals surface area contributed by atoms with Crippen LogP contribution in [0.2, 0.25) is 0 Å². The summed E-state index contributed by atoms with van der Waals surface area (Å²) in [4.78, 5) is 13.4. The van der Waals surface area contributed by atoms with E-state index in [9.17, 15) is 4.79 Å². The summed E-state index contributed by atoms with van der Waals surface area (Å²) in [6.07, 6.45) is 17.1. The highest BCUT2D eigenvalue weighted by Gasteiger charge is 2.41. The van der Waals surface area contributed by atoms with Crippen LogP contribution in [0.1, 0.15) is 105 Å². The first-order valence-electron chi connectivity index (χ1n) is 15.1. The van der Waals surface area contributed by atoms with Crippen molar-refractivity contribution in [2.24, 2.45) is 0 Å². The molecule has 39 heavy (non-hydrogen) atoms. The number of carbonyl (C=O) groups is 1. The summed E-state index contributed by atoms with van der Waals surface area (Å²) in [6, 6.07) is 10.3. The van der Waals surface area contributed by atoms with Gasteiger partial charge >= 0.3 is 0 Å². The number of rotatable bonds is 16. The van der Waals surface area contributed by atoms with Gasteiger partial charge in [0.1, 0.15) is 22.8 Å². The molecule has 2 aromatic carbocycles. The zero-order chi connectivity index (χ0) is 27.5. The van der Waals surface area contributed by atoms with E-state index >= 15 is 0 Å². The van der Waals surface area contributed by atoms with Crippen LogP contribution in [0.4, 0.5) is 0 Å². The molecule has 4 nitrogen and oxygen atoms in total. The normalized spacial score (nSPS) is 15.6. The fourth-order valence-corrected chi connectivity index (χ4v) is 6.05. The van der Waals surface area contributed by atoms with Crippen molar-refractivity contribution in [2.75, 3.05) is 13.2 Å². The molecule has 0 radical (unpaired) electrons. The third kappa shape index (κ3) is 7.35. The molecule has 0 bridgehead atoms. The summed E-state index contributed by atoms with van der Waals surface area (Å²) >= 11 is 0. The molecule has 0 fully saturated rings. The van der Waals surface area contributed by atoms with Gasteiger partial charge in [-0.3, -0.25) is 4.79 Å². The first-order valence-corrected chi connectivity index (χ1v) is 15.1. The molecule has 1 aliphatic heterocycles. The Kier molecular flexibility index (Phi) is 10.7. The number of aryl methyl sites for hydroxylation is 1. The van der Waals surface area contributed by atoms with E-state index in [1.165, 1.54) is 24.0 Å². The van der Waals surface area contributed by atoms with Gasteiger partial charge in [0.05, 0.1) is 25.2 Å². The molecule has 1 heterocycles. The van der Waals surface area contributed by atoms with Crippen molar-refractivity contribution in [1.29, 1.82) is 0 Å². The quantitative estimate of drug-likeness (QED) is 0.161. The molecule has 2 aliphatic rings. The van der Waals surface area contributed by atoms with Crippen molar-refractivity contribution in [3.05, 3.63) is 77.9 Å². The lowest BCUT2D eigenvalue weighted by molar-refractivity contribution is 0.0245. The number of ketones is 1. The second-order valence-electron chi connectivity index (χ2n) is 11.1. The second-order valence-corrected chi connectivity index (χ2v) is 11.1. The highest BCUT2D eigenvalue weighted by atomic mass is 16.5. The van der Waals surface area contributed by atoms with Gasteiger partial charge in [-0.2, -0.15) is 0 Å². The van der Waals surface area contributed by atoms with E-state index in [1.54, 1.807) is 0 Å². The predicted octanol–water partition coefficient (Wildman–Crippen LogP) is 8.78. The Morgan fingerprint density at radius 2 is 1.64 bits per heavy atom. The molecule has 0 N–H and O–H groups in total. The first kappa shape index (κ1) is 29.0. The van der Waals surface area contributed by atoms with Crippen molar-refractivity contribution >= 4 is 5.78 Å². The van der Waals surface area contributed by atoms with Crippen LogP contribution in [-0.2, 0) is 19.3 Å². The molecule has 0 amide bonds. The Bertz CT molecular complexity index is 1120. The minimum Gasteiger partial charge on any atom is -0.493 e. The number of hydrogen-bond donors (Lipinski definition) is 0. The van der Waals surface area contributed by atoms with Crippen LogP contribution in [0.15, 0.2) is 55.6 Å². The van der Waals surface area contributed by atoms with E-state index in [0.717, 1.165) is 93.4 Å². The fraction of sp³-hybridized carbons (Fsp3) is 0.514.